The summed E-state index contributed by atoms with van der Waals surface area (Å²) in [6.45, 7) is 2.73. The molecule has 2 heterocycles. The van der Waals surface area contributed by atoms with Gasteiger partial charge in [0.05, 0.1) is 24.0 Å². The molecule has 21 heavy (non-hydrogen) atoms. The van der Waals surface area contributed by atoms with Gasteiger partial charge in [0.25, 0.3) is 0 Å². The van der Waals surface area contributed by atoms with E-state index in [1.165, 1.54) is 0 Å². The molecule has 0 aliphatic heterocycles. The minimum absolute atomic E-state index is 0.593. The highest BCUT2D eigenvalue weighted by Gasteiger charge is 2.14. The Morgan fingerprint density at radius 2 is 2.10 bits per heavy atom. The molecule has 0 aliphatic rings. The quantitative estimate of drug-likeness (QED) is 0.745. The molecule has 0 saturated carbocycles. The van der Waals surface area contributed by atoms with Crippen LogP contribution in [0.1, 0.15) is 0 Å². The molecule has 0 unspecified atom stereocenters. The van der Waals surface area contributed by atoms with Gasteiger partial charge >= 0.3 is 0 Å². The molecule has 0 saturated heterocycles. The van der Waals surface area contributed by atoms with Crippen LogP contribution in [-0.2, 0) is 17.8 Å². The van der Waals surface area contributed by atoms with Crippen LogP contribution in [0.5, 0.6) is 0 Å². The highest BCUT2D eigenvalue weighted by molar-refractivity contribution is 5.79. The number of methoxy groups -OCH3 is 1. The zero-order valence-electron chi connectivity index (χ0n) is 12.1. The first-order valence-corrected chi connectivity index (χ1v) is 7.00. The van der Waals surface area contributed by atoms with Crippen LogP contribution in [0.2, 0.25) is 0 Å². The van der Waals surface area contributed by atoms with Crippen molar-refractivity contribution in [2.24, 2.45) is 5.73 Å². The maximum Gasteiger partial charge on any atom is 0.161 e. The number of para-hydroxylation sites is 2. The van der Waals surface area contributed by atoms with E-state index in [2.05, 4.69) is 15.6 Å². The number of fused-ring (bicyclic) bond motifs is 1. The first kappa shape index (κ1) is 13.8. The Bertz CT molecular complexity index is 731. The molecule has 0 amide bonds. The summed E-state index contributed by atoms with van der Waals surface area (Å²) in [5.41, 5.74) is 8.50. The van der Waals surface area contributed by atoms with Crippen LogP contribution in [0.3, 0.4) is 0 Å². The Labute approximate surface area is 123 Å². The maximum atomic E-state index is 5.58. The summed E-state index contributed by atoms with van der Waals surface area (Å²) in [5, 5.41) is 0. The molecule has 0 fully saturated rings. The van der Waals surface area contributed by atoms with E-state index in [1.54, 1.807) is 13.4 Å². The minimum Gasteiger partial charge on any atom is -0.383 e. The van der Waals surface area contributed by atoms with Crippen molar-refractivity contribution in [3.8, 4) is 11.5 Å². The van der Waals surface area contributed by atoms with Crippen LogP contribution < -0.4 is 5.73 Å². The molecule has 2 aromatic heterocycles. The van der Waals surface area contributed by atoms with Crippen LogP contribution >= 0.6 is 0 Å². The van der Waals surface area contributed by atoms with Crippen LogP contribution in [0.15, 0.2) is 36.8 Å². The third-order valence-electron chi connectivity index (χ3n) is 3.42. The van der Waals surface area contributed by atoms with Crippen molar-refractivity contribution >= 4 is 11.0 Å². The lowest BCUT2D eigenvalue weighted by Crippen LogP contribution is -2.08. The standard InChI is InChI=1S/C15H19N5O/c1-21-9-8-20-14-5-3-2-4-12(14)18-15(20)13-10-19(7-6-16)11-17-13/h2-5,10-11H,6-9,16H2,1H3. The monoisotopic (exact) mass is 285 g/mol. The molecular formula is C15H19N5O. The van der Waals surface area contributed by atoms with Crippen molar-refractivity contribution in [3.05, 3.63) is 36.8 Å². The molecule has 6 nitrogen and oxygen atoms in total. The molecule has 6 heteroatoms. The Morgan fingerprint density at radius 3 is 2.90 bits per heavy atom. The summed E-state index contributed by atoms with van der Waals surface area (Å²) in [7, 11) is 1.70. The van der Waals surface area contributed by atoms with Crippen molar-refractivity contribution in [1.29, 1.82) is 0 Å². The van der Waals surface area contributed by atoms with Gasteiger partial charge in [-0.1, -0.05) is 12.1 Å². The smallest absolute Gasteiger partial charge is 0.161 e. The number of ether oxygens (including phenoxy) is 1. The van der Waals surface area contributed by atoms with Crippen molar-refractivity contribution < 1.29 is 4.74 Å². The number of hydrogen-bond donors (Lipinski definition) is 1. The maximum absolute atomic E-state index is 5.58. The molecule has 3 aromatic rings. The Morgan fingerprint density at radius 1 is 1.24 bits per heavy atom. The van der Waals surface area contributed by atoms with Gasteiger partial charge < -0.3 is 19.6 Å². The summed E-state index contributed by atoms with van der Waals surface area (Å²) >= 11 is 0. The predicted octanol–water partition coefficient (Wildman–Crippen LogP) is 1.50. The van der Waals surface area contributed by atoms with E-state index >= 15 is 0 Å². The number of imidazole rings is 2. The average Bonchev–Trinajstić information content (AvgIpc) is 3.09. The highest BCUT2D eigenvalue weighted by Crippen LogP contribution is 2.23. The molecule has 110 valence electrons. The second-order valence-electron chi connectivity index (χ2n) is 4.85. The van der Waals surface area contributed by atoms with Gasteiger partial charge in [0.1, 0.15) is 5.69 Å². The van der Waals surface area contributed by atoms with Gasteiger partial charge in [-0.15, -0.1) is 0 Å². The normalized spacial score (nSPS) is 11.3. The second-order valence-corrected chi connectivity index (χ2v) is 4.85. The van der Waals surface area contributed by atoms with Gasteiger partial charge in [0.2, 0.25) is 0 Å². The summed E-state index contributed by atoms with van der Waals surface area (Å²) in [4.78, 5) is 9.16. The summed E-state index contributed by atoms with van der Waals surface area (Å²) in [6.07, 6.45) is 3.78. The molecule has 0 spiro atoms. The van der Waals surface area contributed by atoms with Gasteiger partial charge in [0.15, 0.2) is 5.82 Å². The van der Waals surface area contributed by atoms with Crippen molar-refractivity contribution in [2.75, 3.05) is 20.3 Å². The number of aromatic nitrogens is 4. The number of rotatable bonds is 6. The molecule has 1 aromatic carbocycles. The molecule has 0 bridgehead atoms. The largest absolute Gasteiger partial charge is 0.383 e. The van der Waals surface area contributed by atoms with E-state index in [-0.39, 0.29) is 0 Å². The number of hydrogen-bond acceptors (Lipinski definition) is 4. The van der Waals surface area contributed by atoms with E-state index in [9.17, 15) is 0 Å². The average molecular weight is 285 g/mol. The van der Waals surface area contributed by atoms with Crippen molar-refractivity contribution in [2.45, 2.75) is 13.1 Å². The molecule has 0 radical (unpaired) electrons. The van der Waals surface area contributed by atoms with E-state index in [0.717, 1.165) is 35.6 Å². The zero-order valence-corrected chi connectivity index (χ0v) is 12.1. The number of benzene rings is 1. The Kier molecular flexibility index (Phi) is 3.98. The zero-order chi connectivity index (χ0) is 14.7. The van der Waals surface area contributed by atoms with E-state index < -0.39 is 0 Å². The molecule has 0 atom stereocenters. The third kappa shape index (κ3) is 2.68. The van der Waals surface area contributed by atoms with Gasteiger partial charge in [-0.2, -0.15) is 0 Å². The summed E-state index contributed by atoms with van der Waals surface area (Å²) < 4.78 is 9.34. The lowest BCUT2D eigenvalue weighted by atomic mass is 10.3. The highest BCUT2D eigenvalue weighted by atomic mass is 16.5. The minimum atomic E-state index is 0.593. The van der Waals surface area contributed by atoms with Crippen LogP contribution in [0.4, 0.5) is 0 Å². The third-order valence-corrected chi connectivity index (χ3v) is 3.42. The topological polar surface area (TPSA) is 70.9 Å². The van der Waals surface area contributed by atoms with E-state index in [4.69, 9.17) is 15.5 Å². The molecule has 0 aliphatic carbocycles. The first-order valence-electron chi connectivity index (χ1n) is 7.00. The van der Waals surface area contributed by atoms with Crippen molar-refractivity contribution in [3.63, 3.8) is 0 Å². The fraction of sp³-hybridized carbons (Fsp3) is 0.333. The van der Waals surface area contributed by atoms with Gasteiger partial charge in [-0.3, -0.25) is 0 Å². The predicted molar refractivity (Wildman–Crippen MR) is 81.9 cm³/mol. The lowest BCUT2D eigenvalue weighted by Gasteiger charge is -2.06. The Balaban J connectivity index is 2.06. The van der Waals surface area contributed by atoms with E-state index in [0.29, 0.717) is 13.2 Å². The van der Waals surface area contributed by atoms with Crippen LogP contribution in [0.25, 0.3) is 22.6 Å². The van der Waals surface area contributed by atoms with Gasteiger partial charge in [-0.05, 0) is 12.1 Å². The lowest BCUT2D eigenvalue weighted by molar-refractivity contribution is 0.188. The molecular weight excluding hydrogens is 266 g/mol. The molecule has 3 rings (SSSR count). The number of nitrogens with two attached hydrogens (primary N) is 1. The van der Waals surface area contributed by atoms with Gasteiger partial charge in [-0.25, -0.2) is 9.97 Å². The summed E-state index contributed by atoms with van der Waals surface area (Å²) in [5.74, 6) is 0.865. The second kappa shape index (κ2) is 6.07. The summed E-state index contributed by atoms with van der Waals surface area (Å²) in [6, 6.07) is 8.09. The SMILES string of the molecule is COCCn1c(-c2cn(CCN)cn2)nc2ccccc21. The molecule has 2 N–H and O–H groups in total. The fourth-order valence-corrected chi connectivity index (χ4v) is 2.43. The Hall–Kier alpha value is -2.18. The number of nitrogens with zero attached hydrogens (tertiary/aromatic N) is 4. The van der Waals surface area contributed by atoms with Crippen LogP contribution in [0, 0.1) is 0 Å². The van der Waals surface area contributed by atoms with Gasteiger partial charge in [0, 0.05) is 32.9 Å². The van der Waals surface area contributed by atoms with Crippen molar-refractivity contribution in [1.82, 2.24) is 19.1 Å². The first-order chi connectivity index (χ1) is 10.3. The van der Waals surface area contributed by atoms with Crippen LogP contribution in [-0.4, -0.2) is 39.4 Å². The van der Waals surface area contributed by atoms with E-state index in [1.807, 2.05) is 29.0 Å². The fourth-order valence-electron chi connectivity index (χ4n) is 2.43.